The molecule has 1 N–H and O–H groups in total. The van der Waals surface area contributed by atoms with Crippen molar-refractivity contribution in [3.8, 4) is 0 Å². The minimum atomic E-state index is -3.05. The van der Waals surface area contributed by atoms with E-state index in [1.54, 1.807) is 4.31 Å². The van der Waals surface area contributed by atoms with Crippen LogP contribution in [0.5, 0.6) is 0 Å². The van der Waals surface area contributed by atoms with Crippen LogP contribution in [0.4, 0.5) is 0 Å². The molecule has 2 rings (SSSR count). The highest BCUT2D eigenvalue weighted by molar-refractivity contribution is 7.88. The smallest absolute Gasteiger partial charge is 0.211 e. The van der Waals surface area contributed by atoms with Crippen LogP contribution in [0.1, 0.15) is 25.7 Å². The van der Waals surface area contributed by atoms with Crippen LogP contribution in [-0.2, 0) is 10.0 Å². The monoisotopic (exact) mass is 276 g/mol. The maximum atomic E-state index is 11.6. The van der Waals surface area contributed by atoms with E-state index in [1.807, 2.05) is 0 Å². The molecule has 0 aromatic heterocycles. The van der Waals surface area contributed by atoms with Gasteiger partial charge in [0, 0.05) is 32.2 Å². The van der Waals surface area contributed by atoms with Gasteiger partial charge in [-0.1, -0.05) is 0 Å². The Hall–Kier alpha value is -0.170. The topological polar surface area (TPSA) is 60.9 Å². The molecule has 0 spiro atoms. The van der Waals surface area contributed by atoms with E-state index in [-0.39, 0.29) is 6.61 Å². The largest absolute Gasteiger partial charge is 0.395 e. The van der Waals surface area contributed by atoms with Gasteiger partial charge in [0.1, 0.15) is 0 Å². The first-order valence-corrected chi connectivity index (χ1v) is 8.65. The lowest BCUT2D eigenvalue weighted by Gasteiger charge is -2.34. The maximum Gasteiger partial charge on any atom is 0.211 e. The predicted molar refractivity (Wildman–Crippen MR) is 70.8 cm³/mol. The van der Waals surface area contributed by atoms with Crippen LogP contribution in [0.15, 0.2) is 0 Å². The molecule has 0 aromatic rings. The fourth-order valence-electron chi connectivity index (χ4n) is 2.80. The molecule has 2 aliphatic rings. The van der Waals surface area contributed by atoms with Gasteiger partial charge >= 0.3 is 0 Å². The molecule has 0 radical (unpaired) electrons. The van der Waals surface area contributed by atoms with Crippen LogP contribution in [0.25, 0.3) is 0 Å². The van der Waals surface area contributed by atoms with Crippen molar-refractivity contribution in [1.29, 1.82) is 0 Å². The molecule has 1 heterocycles. The van der Waals surface area contributed by atoms with Gasteiger partial charge in [-0.15, -0.1) is 0 Å². The second kappa shape index (κ2) is 5.86. The number of aliphatic hydroxyl groups excluding tert-OH is 1. The molecular weight excluding hydrogens is 252 g/mol. The number of piperidine rings is 1. The van der Waals surface area contributed by atoms with E-state index >= 15 is 0 Å². The molecule has 0 aromatic carbocycles. The second-order valence-corrected chi connectivity index (χ2v) is 7.56. The standard InChI is InChI=1S/C12H24N2O3S/c1-18(16,17)14-6-2-3-11(10-14)9-13(7-8-15)12-4-5-12/h11-12,15H,2-10H2,1H3. The van der Waals surface area contributed by atoms with E-state index in [2.05, 4.69) is 4.90 Å². The molecule has 0 bridgehead atoms. The summed E-state index contributed by atoms with van der Waals surface area (Å²) in [6.45, 7) is 3.16. The third kappa shape index (κ3) is 3.91. The lowest BCUT2D eigenvalue weighted by atomic mass is 9.99. The Morgan fingerprint density at radius 1 is 1.33 bits per heavy atom. The van der Waals surface area contributed by atoms with E-state index in [9.17, 15) is 8.42 Å². The van der Waals surface area contributed by atoms with E-state index < -0.39 is 10.0 Å². The predicted octanol–water partition coefficient (Wildman–Crippen LogP) is 0.115. The summed E-state index contributed by atoms with van der Waals surface area (Å²) in [5.41, 5.74) is 0. The third-order valence-corrected chi connectivity index (χ3v) is 5.16. The van der Waals surface area contributed by atoms with Gasteiger partial charge in [0.2, 0.25) is 10.0 Å². The first-order valence-electron chi connectivity index (χ1n) is 6.80. The fraction of sp³-hybridized carbons (Fsp3) is 1.00. The number of sulfonamides is 1. The zero-order valence-electron chi connectivity index (χ0n) is 11.1. The van der Waals surface area contributed by atoms with Gasteiger partial charge in [0.25, 0.3) is 0 Å². The summed E-state index contributed by atoms with van der Waals surface area (Å²) in [6, 6.07) is 0.630. The van der Waals surface area contributed by atoms with Crippen molar-refractivity contribution in [2.75, 3.05) is 39.0 Å². The molecule has 5 nitrogen and oxygen atoms in total. The molecule has 1 unspecified atom stereocenters. The molecular formula is C12H24N2O3S. The Balaban J connectivity index is 1.88. The Bertz CT molecular complexity index is 368. The quantitative estimate of drug-likeness (QED) is 0.748. The molecule has 1 aliphatic carbocycles. The summed E-state index contributed by atoms with van der Waals surface area (Å²) >= 11 is 0. The molecule has 0 amide bonds. The Morgan fingerprint density at radius 3 is 2.61 bits per heavy atom. The number of aliphatic hydroxyl groups is 1. The van der Waals surface area contributed by atoms with Crippen LogP contribution in [0, 0.1) is 5.92 Å². The normalized spacial score (nSPS) is 26.7. The summed E-state index contributed by atoms with van der Waals surface area (Å²) in [6.07, 6.45) is 5.79. The third-order valence-electron chi connectivity index (χ3n) is 3.89. The summed E-state index contributed by atoms with van der Waals surface area (Å²) < 4.78 is 24.7. The van der Waals surface area contributed by atoms with Crippen molar-refractivity contribution >= 4 is 10.0 Å². The molecule has 6 heteroatoms. The SMILES string of the molecule is CS(=O)(=O)N1CCCC(CN(CCO)C2CC2)C1. The first-order chi connectivity index (χ1) is 8.50. The van der Waals surface area contributed by atoms with Gasteiger partial charge in [0.05, 0.1) is 12.9 Å². The van der Waals surface area contributed by atoms with Crippen molar-refractivity contribution in [2.45, 2.75) is 31.7 Å². The summed E-state index contributed by atoms with van der Waals surface area (Å²) in [5.74, 6) is 0.417. The minimum Gasteiger partial charge on any atom is -0.395 e. The average Bonchev–Trinajstić information content (AvgIpc) is 3.11. The second-order valence-electron chi connectivity index (χ2n) is 5.58. The van der Waals surface area contributed by atoms with Gasteiger partial charge in [-0.25, -0.2) is 12.7 Å². The van der Waals surface area contributed by atoms with Crippen molar-refractivity contribution in [2.24, 2.45) is 5.92 Å². The number of hydrogen-bond acceptors (Lipinski definition) is 4. The van der Waals surface area contributed by atoms with Gasteiger partial charge in [0.15, 0.2) is 0 Å². The van der Waals surface area contributed by atoms with Crippen LogP contribution >= 0.6 is 0 Å². The zero-order valence-corrected chi connectivity index (χ0v) is 11.9. The minimum absolute atomic E-state index is 0.193. The Morgan fingerprint density at radius 2 is 2.06 bits per heavy atom. The maximum absolute atomic E-state index is 11.6. The van der Waals surface area contributed by atoms with Gasteiger partial charge in [-0.05, 0) is 31.6 Å². The van der Waals surface area contributed by atoms with Gasteiger partial charge in [-0.3, -0.25) is 4.90 Å². The van der Waals surface area contributed by atoms with E-state index in [0.29, 0.717) is 25.0 Å². The lowest BCUT2D eigenvalue weighted by molar-refractivity contribution is 0.143. The number of hydrogen-bond donors (Lipinski definition) is 1. The van der Waals surface area contributed by atoms with Gasteiger partial charge < -0.3 is 5.11 Å². The van der Waals surface area contributed by atoms with Crippen LogP contribution < -0.4 is 0 Å². The molecule has 2 fully saturated rings. The Labute approximate surface area is 110 Å². The van der Waals surface area contributed by atoms with Crippen LogP contribution in [-0.4, -0.2) is 67.8 Å². The molecule has 1 atom stereocenters. The zero-order chi connectivity index (χ0) is 13.2. The molecule has 1 aliphatic heterocycles. The highest BCUT2D eigenvalue weighted by Crippen LogP contribution is 2.29. The molecule has 106 valence electrons. The highest BCUT2D eigenvalue weighted by Gasteiger charge is 2.32. The van der Waals surface area contributed by atoms with Crippen molar-refractivity contribution < 1.29 is 13.5 Å². The van der Waals surface area contributed by atoms with Crippen LogP contribution in [0.3, 0.4) is 0 Å². The molecule has 18 heavy (non-hydrogen) atoms. The first kappa shape index (κ1) is 14.2. The van der Waals surface area contributed by atoms with Crippen molar-refractivity contribution in [3.63, 3.8) is 0 Å². The number of nitrogens with zero attached hydrogens (tertiary/aromatic N) is 2. The molecule has 1 saturated heterocycles. The summed E-state index contributed by atoms with van der Waals surface area (Å²) in [7, 11) is -3.05. The van der Waals surface area contributed by atoms with Gasteiger partial charge in [-0.2, -0.15) is 0 Å². The fourth-order valence-corrected chi connectivity index (χ4v) is 3.74. The van der Waals surface area contributed by atoms with E-state index in [4.69, 9.17) is 5.11 Å². The lowest BCUT2D eigenvalue weighted by Crippen LogP contribution is -2.44. The highest BCUT2D eigenvalue weighted by atomic mass is 32.2. The van der Waals surface area contributed by atoms with Crippen LogP contribution in [0.2, 0.25) is 0 Å². The van der Waals surface area contributed by atoms with Crippen molar-refractivity contribution in [3.05, 3.63) is 0 Å². The number of rotatable bonds is 6. The van der Waals surface area contributed by atoms with E-state index in [1.165, 1.54) is 19.1 Å². The summed E-state index contributed by atoms with van der Waals surface area (Å²) in [4.78, 5) is 2.33. The molecule has 1 saturated carbocycles. The Kier molecular flexibility index (Phi) is 4.64. The van der Waals surface area contributed by atoms with E-state index in [0.717, 1.165) is 25.9 Å². The average molecular weight is 276 g/mol. The van der Waals surface area contributed by atoms with Crippen molar-refractivity contribution in [1.82, 2.24) is 9.21 Å². The summed E-state index contributed by atoms with van der Waals surface area (Å²) in [5, 5.41) is 9.08.